The Morgan fingerprint density at radius 2 is 1.90 bits per heavy atom. The third-order valence-electron chi connectivity index (χ3n) is 2.58. The fraction of sp³-hybridized carbons (Fsp3) is 0.167. The SMILES string of the molecule is NNC(c1ccccc1OC(F)(F)F)c1ccoc1Br. The molecule has 0 aliphatic carbocycles. The Labute approximate surface area is 120 Å². The van der Waals surface area contributed by atoms with Crippen LogP contribution in [0.5, 0.6) is 5.75 Å². The van der Waals surface area contributed by atoms with Crippen LogP contribution in [-0.2, 0) is 0 Å². The van der Waals surface area contributed by atoms with E-state index in [4.69, 9.17) is 10.3 Å². The minimum atomic E-state index is -4.77. The quantitative estimate of drug-likeness (QED) is 0.654. The first-order chi connectivity index (χ1) is 9.42. The highest BCUT2D eigenvalue weighted by Crippen LogP contribution is 2.35. The third-order valence-corrected chi connectivity index (χ3v) is 3.22. The van der Waals surface area contributed by atoms with Crippen LogP contribution in [0.2, 0.25) is 0 Å². The topological polar surface area (TPSA) is 60.4 Å². The number of benzene rings is 1. The van der Waals surface area contributed by atoms with Crippen LogP contribution in [0.4, 0.5) is 13.2 Å². The molecule has 2 rings (SSSR count). The van der Waals surface area contributed by atoms with Crippen molar-refractivity contribution in [2.24, 2.45) is 5.84 Å². The maximum atomic E-state index is 12.4. The van der Waals surface area contributed by atoms with E-state index in [0.717, 1.165) is 0 Å². The van der Waals surface area contributed by atoms with Crippen LogP contribution in [0.1, 0.15) is 17.2 Å². The average Bonchev–Trinajstić information content (AvgIpc) is 2.77. The smallest absolute Gasteiger partial charge is 0.457 e. The highest BCUT2D eigenvalue weighted by Gasteiger charge is 2.33. The van der Waals surface area contributed by atoms with Crippen LogP contribution >= 0.6 is 15.9 Å². The van der Waals surface area contributed by atoms with Gasteiger partial charge in [0, 0.05) is 11.1 Å². The summed E-state index contributed by atoms with van der Waals surface area (Å²) >= 11 is 3.17. The van der Waals surface area contributed by atoms with Gasteiger partial charge in [0.1, 0.15) is 5.75 Å². The zero-order chi connectivity index (χ0) is 14.8. The molecule has 3 N–H and O–H groups in total. The standard InChI is InChI=1S/C12H10BrF3N2O2/c13-11-8(5-6-19-11)10(18-17)7-3-1-2-4-9(7)20-12(14,15)16/h1-6,10,18H,17H2. The summed E-state index contributed by atoms with van der Waals surface area (Å²) in [4.78, 5) is 0. The lowest BCUT2D eigenvalue weighted by molar-refractivity contribution is -0.275. The summed E-state index contributed by atoms with van der Waals surface area (Å²) < 4.78 is 46.7. The third kappa shape index (κ3) is 3.33. The van der Waals surface area contributed by atoms with Gasteiger partial charge < -0.3 is 9.15 Å². The molecule has 0 aliphatic heterocycles. The van der Waals surface area contributed by atoms with E-state index in [1.165, 1.54) is 24.5 Å². The minimum Gasteiger partial charge on any atom is -0.457 e. The van der Waals surface area contributed by atoms with E-state index in [-0.39, 0.29) is 11.3 Å². The number of alkyl halides is 3. The van der Waals surface area contributed by atoms with Crippen molar-refractivity contribution in [1.29, 1.82) is 0 Å². The Balaban J connectivity index is 2.43. The second-order valence-electron chi connectivity index (χ2n) is 3.83. The van der Waals surface area contributed by atoms with Crippen LogP contribution in [0.15, 0.2) is 45.7 Å². The van der Waals surface area contributed by atoms with Crippen LogP contribution < -0.4 is 16.0 Å². The maximum absolute atomic E-state index is 12.4. The normalized spacial score (nSPS) is 13.2. The number of halogens is 4. The van der Waals surface area contributed by atoms with Gasteiger partial charge in [0.15, 0.2) is 4.67 Å². The molecule has 1 aromatic carbocycles. The van der Waals surface area contributed by atoms with E-state index in [1.54, 1.807) is 12.1 Å². The number of hydrazine groups is 1. The molecule has 1 heterocycles. The molecule has 0 fully saturated rings. The van der Waals surface area contributed by atoms with E-state index in [2.05, 4.69) is 26.1 Å². The summed E-state index contributed by atoms with van der Waals surface area (Å²) in [5.41, 5.74) is 3.26. The molecule has 0 bridgehead atoms. The Morgan fingerprint density at radius 1 is 1.20 bits per heavy atom. The highest BCUT2D eigenvalue weighted by molar-refractivity contribution is 9.10. The zero-order valence-corrected chi connectivity index (χ0v) is 11.5. The van der Waals surface area contributed by atoms with Crippen LogP contribution in [0, 0.1) is 0 Å². The zero-order valence-electron chi connectivity index (χ0n) is 9.95. The predicted molar refractivity (Wildman–Crippen MR) is 68.7 cm³/mol. The number of nitrogens with two attached hydrogens (primary N) is 1. The number of rotatable bonds is 4. The molecule has 2 aromatic rings. The minimum absolute atomic E-state index is 0.245. The average molecular weight is 351 g/mol. The fourth-order valence-electron chi connectivity index (χ4n) is 1.79. The Hall–Kier alpha value is -1.51. The summed E-state index contributed by atoms with van der Waals surface area (Å²) in [7, 11) is 0. The Kier molecular flexibility index (Phi) is 4.36. The van der Waals surface area contributed by atoms with Gasteiger partial charge in [0.25, 0.3) is 0 Å². The number of hydrogen-bond donors (Lipinski definition) is 2. The lowest BCUT2D eigenvalue weighted by Gasteiger charge is -2.19. The first kappa shape index (κ1) is 14.9. The van der Waals surface area contributed by atoms with Crippen LogP contribution in [0.25, 0.3) is 0 Å². The lowest BCUT2D eigenvalue weighted by Crippen LogP contribution is -2.30. The van der Waals surface area contributed by atoms with Crippen molar-refractivity contribution in [1.82, 2.24) is 5.43 Å². The predicted octanol–water partition coefficient (Wildman–Crippen LogP) is 3.49. The first-order valence-corrected chi connectivity index (χ1v) is 6.25. The molecular formula is C12H10BrF3N2O2. The Bertz CT molecular complexity index is 586. The second kappa shape index (κ2) is 5.86. The Morgan fingerprint density at radius 3 is 2.45 bits per heavy atom. The summed E-state index contributed by atoms with van der Waals surface area (Å²) in [5, 5.41) is 0. The van der Waals surface area contributed by atoms with Gasteiger partial charge in [-0.3, -0.25) is 5.84 Å². The summed E-state index contributed by atoms with van der Waals surface area (Å²) in [6.45, 7) is 0. The van der Waals surface area contributed by atoms with Gasteiger partial charge >= 0.3 is 6.36 Å². The van der Waals surface area contributed by atoms with Gasteiger partial charge in [0.2, 0.25) is 0 Å². The van der Waals surface area contributed by atoms with E-state index in [0.29, 0.717) is 10.2 Å². The molecule has 20 heavy (non-hydrogen) atoms. The van der Waals surface area contributed by atoms with E-state index >= 15 is 0 Å². The van der Waals surface area contributed by atoms with Gasteiger partial charge in [-0.1, -0.05) is 18.2 Å². The van der Waals surface area contributed by atoms with Crippen molar-refractivity contribution in [3.8, 4) is 5.75 Å². The monoisotopic (exact) mass is 350 g/mol. The first-order valence-electron chi connectivity index (χ1n) is 5.46. The second-order valence-corrected chi connectivity index (χ2v) is 4.56. The summed E-state index contributed by atoms with van der Waals surface area (Å²) in [5.74, 6) is 5.13. The fourth-order valence-corrected chi connectivity index (χ4v) is 2.26. The molecule has 4 nitrogen and oxygen atoms in total. The van der Waals surface area contributed by atoms with Gasteiger partial charge in [0.05, 0.1) is 12.3 Å². The summed E-state index contributed by atoms with van der Waals surface area (Å²) in [6, 6.07) is 6.65. The van der Waals surface area contributed by atoms with Gasteiger partial charge in [-0.2, -0.15) is 0 Å². The molecule has 0 amide bonds. The summed E-state index contributed by atoms with van der Waals surface area (Å²) in [6.07, 6.45) is -3.38. The number of ether oxygens (including phenoxy) is 1. The lowest BCUT2D eigenvalue weighted by atomic mass is 10.0. The molecular weight excluding hydrogens is 341 g/mol. The van der Waals surface area contributed by atoms with Crippen molar-refractivity contribution >= 4 is 15.9 Å². The molecule has 0 saturated heterocycles. The number of hydrogen-bond acceptors (Lipinski definition) is 4. The van der Waals surface area contributed by atoms with Crippen molar-refractivity contribution in [2.75, 3.05) is 0 Å². The molecule has 1 unspecified atom stereocenters. The number of furan rings is 1. The number of para-hydroxylation sites is 1. The van der Waals surface area contributed by atoms with E-state index < -0.39 is 12.4 Å². The van der Waals surface area contributed by atoms with Gasteiger partial charge in [-0.05, 0) is 28.1 Å². The molecule has 108 valence electrons. The van der Waals surface area contributed by atoms with Crippen molar-refractivity contribution in [2.45, 2.75) is 12.4 Å². The van der Waals surface area contributed by atoms with Crippen molar-refractivity contribution in [3.63, 3.8) is 0 Å². The molecule has 8 heteroatoms. The van der Waals surface area contributed by atoms with Crippen LogP contribution in [-0.4, -0.2) is 6.36 Å². The van der Waals surface area contributed by atoms with E-state index in [1.807, 2.05) is 0 Å². The molecule has 1 atom stereocenters. The van der Waals surface area contributed by atoms with Crippen LogP contribution in [0.3, 0.4) is 0 Å². The highest BCUT2D eigenvalue weighted by atomic mass is 79.9. The maximum Gasteiger partial charge on any atom is 0.573 e. The van der Waals surface area contributed by atoms with Gasteiger partial charge in [-0.25, -0.2) is 5.43 Å². The molecule has 1 aromatic heterocycles. The van der Waals surface area contributed by atoms with Crippen molar-refractivity contribution < 1.29 is 22.3 Å². The molecule has 0 radical (unpaired) electrons. The molecule has 0 saturated carbocycles. The molecule has 0 aliphatic rings. The molecule has 0 spiro atoms. The largest absolute Gasteiger partial charge is 0.573 e. The van der Waals surface area contributed by atoms with E-state index in [9.17, 15) is 13.2 Å². The van der Waals surface area contributed by atoms with Gasteiger partial charge in [-0.15, -0.1) is 13.2 Å². The number of nitrogens with one attached hydrogen (secondary N) is 1. The van der Waals surface area contributed by atoms with Crippen molar-refractivity contribution in [3.05, 3.63) is 52.4 Å².